The Morgan fingerprint density at radius 3 is 2.61 bits per heavy atom. The molecule has 4 rings (SSSR count). The van der Waals surface area contributed by atoms with Crippen LogP contribution in [0.25, 0.3) is 11.1 Å². The average Bonchev–Trinajstić information content (AvgIpc) is 3.12. The highest BCUT2D eigenvalue weighted by atomic mass is 16.2. The lowest BCUT2D eigenvalue weighted by atomic mass is 9.94. The van der Waals surface area contributed by atoms with E-state index in [2.05, 4.69) is 36.2 Å². The van der Waals surface area contributed by atoms with Crippen molar-refractivity contribution in [1.82, 2.24) is 19.7 Å². The molecule has 0 saturated carbocycles. The molecule has 3 aromatic rings. The second kappa shape index (κ2) is 7.97. The third-order valence-corrected chi connectivity index (χ3v) is 5.46. The van der Waals surface area contributed by atoms with E-state index in [-0.39, 0.29) is 11.9 Å². The Bertz CT molecular complexity index is 946. The number of nitrogens with zero attached hydrogens (tertiary/aromatic N) is 4. The summed E-state index contributed by atoms with van der Waals surface area (Å²) >= 11 is 0. The number of aromatic nitrogens is 3. The van der Waals surface area contributed by atoms with Gasteiger partial charge in [0.05, 0.1) is 18.2 Å². The summed E-state index contributed by atoms with van der Waals surface area (Å²) in [7, 11) is 1.94. The van der Waals surface area contributed by atoms with Crippen molar-refractivity contribution in [3.8, 4) is 11.1 Å². The molecule has 144 valence electrons. The molecule has 0 spiro atoms. The fourth-order valence-electron chi connectivity index (χ4n) is 4.00. The molecule has 28 heavy (non-hydrogen) atoms. The number of benzene rings is 1. The summed E-state index contributed by atoms with van der Waals surface area (Å²) in [6, 6.07) is 12.3. The summed E-state index contributed by atoms with van der Waals surface area (Å²) in [5, 5.41) is 4.76. The number of pyridine rings is 1. The number of piperidine rings is 1. The van der Waals surface area contributed by atoms with Crippen LogP contribution in [-0.4, -0.2) is 32.1 Å². The predicted octanol–water partition coefficient (Wildman–Crippen LogP) is 4.09. The molecule has 0 aliphatic carbocycles. The first-order chi connectivity index (χ1) is 13.6. The van der Waals surface area contributed by atoms with Crippen LogP contribution >= 0.6 is 0 Å². The maximum absolute atomic E-state index is 13.2. The molecule has 0 bridgehead atoms. The zero-order chi connectivity index (χ0) is 19.5. The summed E-state index contributed by atoms with van der Waals surface area (Å²) in [5.74, 6) is 0.180. The fraction of sp³-hybridized carbons (Fsp3) is 0.348. The number of rotatable bonds is 4. The zero-order valence-electron chi connectivity index (χ0n) is 16.5. The number of likely N-dealkylation sites (tertiary alicyclic amines) is 1. The van der Waals surface area contributed by atoms with Crippen LogP contribution in [0.5, 0.6) is 0 Å². The molecule has 2 aromatic heterocycles. The smallest absolute Gasteiger partial charge is 0.227 e. The maximum Gasteiger partial charge on any atom is 0.227 e. The molecule has 5 heteroatoms. The molecule has 1 atom stereocenters. The third kappa shape index (κ3) is 3.84. The first-order valence-corrected chi connectivity index (χ1v) is 9.91. The van der Waals surface area contributed by atoms with Crippen molar-refractivity contribution in [2.24, 2.45) is 7.05 Å². The lowest BCUT2D eigenvalue weighted by Crippen LogP contribution is -2.39. The van der Waals surface area contributed by atoms with Gasteiger partial charge in [0.15, 0.2) is 0 Å². The minimum atomic E-state index is 0.0241. The molecule has 1 fully saturated rings. The van der Waals surface area contributed by atoms with E-state index in [1.165, 1.54) is 5.56 Å². The van der Waals surface area contributed by atoms with Gasteiger partial charge in [-0.25, -0.2) is 0 Å². The van der Waals surface area contributed by atoms with Crippen molar-refractivity contribution >= 4 is 5.91 Å². The monoisotopic (exact) mass is 374 g/mol. The van der Waals surface area contributed by atoms with Crippen LogP contribution in [0.3, 0.4) is 0 Å². The van der Waals surface area contributed by atoms with Crippen molar-refractivity contribution < 1.29 is 4.79 Å². The molecule has 0 unspecified atom stereocenters. The molecule has 1 amide bonds. The molecule has 1 aromatic carbocycles. The topological polar surface area (TPSA) is 51.0 Å². The highest BCUT2D eigenvalue weighted by Gasteiger charge is 2.31. The second-order valence-electron chi connectivity index (χ2n) is 7.60. The number of hydrogen-bond acceptors (Lipinski definition) is 3. The lowest BCUT2D eigenvalue weighted by Gasteiger charge is -2.35. The molecule has 3 heterocycles. The third-order valence-electron chi connectivity index (χ3n) is 5.46. The van der Waals surface area contributed by atoms with Gasteiger partial charge in [0.1, 0.15) is 0 Å². The fourth-order valence-corrected chi connectivity index (χ4v) is 4.00. The van der Waals surface area contributed by atoms with Crippen LogP contribution in [0, 0.1) is 6.92 Å². The minimum Gasteiger partial charge on any atom is -0.334 e. The maximum atomic E-state index is 13.2. The Hall–Kier alpha value is -2.95. The largest absolute Gasteiger partial charge is 0.334 e. The van der Waals surface area contributed by atoms with E-state index in [1.54, 1.807) is 12.4 Å². The van der Waals surface area contributed by atoms with E-state index in [4.69, 9.17) is 5.10 Å². The Morgan fingerprint density at radius 2 is 1.86 bits per heavy atom. The van der Waals surface area contributed by atoms with E-state index in [9.17, 15) is 4.79 Å². The van der Waals surface area contributed by atoms with Gasteiger partial charge >= 0.3 is 0 Å². The minimum absolute atomic E-state index is 0.0241. The Labute approximate surface area is 166 Å². The van der Waals surface area contributed by atoms with Gasteiger partial charge in [-0.15, -0.1) is 0 Å². The Balaban J connectivity index is 1.63. The van der Waals surface area contributed by atoms with Crippen LogP contribution in [0.15, 0.2) is 55.0 Å². The van der Waals surface area contributed by atoms with Crippen molar-refractivity contribution in [3.63, 3.8) is 0 Å². The number of hydrogen-bond donors (Lipinski definition) is 0. The first kappa shape index (κ1) is 18.4. The summed E-state index contributed by atoms with van der Waals surface area (Å²) in [5.41, 5.74) is 5.45. The van der Waals surface area contributed by atoms with Crippen LogP contribution in [0.2, 0.25) is 0 Å². The molecule has 1 aliphatic heterocycles. The molecule has 1 aliphatic rings. The summed E-state index contributed by atoms with van der Waals surface area (Å²) in [6.07, 6.45) is 9.20. The van der Waals surface area contributed by atoms with Gasteiger partial charge < -0.3 is 4.90 Å². The molecular formula is C23H26N4O. The van der Waals surface area contributed by atoms with E-state index in [0.717, 1.165) is 48.2 Å². The van der Waals surface area contributed by atoms with Crippen LogP contribution < -0.4 is 0 Å². The number of aryl methyl sites for hydroxylation is 2. The molecule has 0 N–H and O–H groups in total. The van der Waals surface area contributed by atoms with Crippen molar-refractivity contribution in [2.75, 3.05) is 6.54 Å². The van der Waals surface area contributed by atoms with Crippen LogP contribution in [0.4, 0.5) is 0 Å². The van der Waals surface area contributed by atoms with Crippen molar-refractivity contribution in [2.45, 2.75) is 38.6 Å². The Kier molecular flexibility index (Phi) is 5.24. The van der Waals surface area contributed by atoms with Gasteiger partial charge in [-0.05, 0) is 49.4 Å². The standard InChI is InChI=1S/C23H26N4O/c1-17-6-8-18(9-7-17)15-22(28)27-14-4-3-5-21(27)23-20(16-26(2)25-23)19-10-12-24-13-11-19/h6-13,16,21H,3-5,14-15H2,1-2H3/t21-/m0/s1. The highest BCUT2D eigenvalue weighted by molar-refractivity contribution is 5.80. The van der Waals surface area contributed by atoms with Crippen LogP contribution in [-0.2, 0) is 18.3 Å². The molecular weight excluding hydrogens is 348 g/mol. The van der Waals surface area contributed by atoms with Gasteiger partial charge in [0, 0.05) is 37.7 Å². The van der Waals surface area contributed by atoms with Gasteiger partial charge in [0.2, 0.25) is 5.91 Å². The van der Waals surface area contributed by atoms with Gasteiger partial charge in [-0.1, -0.05) is 29.8 Å². The van der Waals surface area contributed by atoms with Crippen LogP contribution in [0.1, 0.15) is 42.1 Å². The van der Waals surface area contributed by atoms with Gasteiger partial charge in [0.25, 0.3) is 0 Å². The lowest BCUT2D eigenvalue weighted by molar-refractivity contribution is -0.134. The second-order valence-corrected chi connectivity index (χ2v) is 7.60. The summed E-state index contributed by atoms with van der Waals surface area (Å²) in [6.45, 7) is 2.86. The summed E-state index contributed by atoms with van der Waals surface area (Å²) in [4.78, 5) is 19.3. The average molecular weight is 374 g/mol. The van der Waals surface area contributed by atoms with Gasteiger partial charge in [-0.3, -0.25) is 14.5 Å². The highest BCUT2D eigenvalue weighted by Crippen LogP contribution is 2.36. The van der Waals surface area contributed by atoms with E-state index < -0.39 is 0 Å². The molecule has 1 saturated heterocycles. The molecule has 5 nitrogen and oxygen atoms in total. The van der Waals surface area contributed by atoms with E-state index in [0.29, 0.717) is 6.42 Å². The number of carbonyl (C=O) groups excluding carboxylic acids is 1. The van der Waals surface area contributed by atoms with Crippen molar-refractivity contribution in [1.29, 1.82) is 0 Å². The number of amides is 1. The zero-order valence-corrected chi connectivity index (χ0v) is 16.5. The first-order valence-electron chi connectivity index (χ1n) is 9.91. The Morgan fingerprint density at radius 1 is 1.11 bits per heavy atom. The van der Waals surface area contributed by atoms with Gasteiger partial charge in [-0.2, -0.15) is 5.10 Å². The summed E-state index contributed by atoms with van der Waals surface area (Å²) < 4.78 is 1.85. The number of carbonyl (C=O) groups is 1. The SMILES string of the molecule is Cc1ccc(CC(=O)N2CCCC[C@H]2c2nn(C)cc2-c2ccncc2)cc1. The normalized spacial score (nSPS) is 16.9. The predicted molar refractivity (Wildman–Crippen MR) is 110 cm³/mol. The van der Waals surface area contributed by atoms with E-state index in [1.807, 2.05) is 35.0 Å². The molecule has 0 radical (unpaired) electrons. The van der Waals surface area contributed by atoms with Crippen molar-refractivity contribution in [3.05, 3.63) is 71.8 Å². The van der Waals surface area contributed by atoms with E-state index >= 15 is 0 Å². The quantitative estimate of drug-likeness (QED) is 0.691.